The van der Waals surface area contributed by atoms with Gasteiger partial charge in [-0.1, -0.05) is 6.92 Å². The van der Waals surface area contributed by atoms with E-state index >= 15 is 0 Å². The van der Waals surface area contributed by atoms with Crippen LogP contribution in [-0.2, 0) is 19.6 Å². The summed E-state index contributed by atoms with van der Waals surface area (Å²) in [6, 6.07) is 0. The van der Waals surface area contributed by atoms with Crippen LogP contribution in [0, 0.1) is 0 Å². The van der Waals surface area contributed by atoms with Crippen LogP contribution in [0.3, 0.4) is 0 Å². The first-order chi connectivity index (χ1) is 12.2. The monoisotopic (exact) mass is 463 g/mol. The Morgan fingerprint density at radius 1 is 0.821 bits per heavy atom. The second-order valence-electron chi connectivity index (χ2n) is 4.97. The lowest BCUT2D eigenvalue weighted by atomic mass is 10.0. The molecule has 0 saturated heterocycles. The summed E-state index contributed by atoms with van der Waals surface area (Å²) in [5.41, 5.74) is 0. The Morgan fingerprint density at radius 2 is 1.25 bits per heavy atom. The summed E-state index contributed by atoms with van der Waals surface area (Å²) in [6.45, 7) is -1.59. The van der Waals surface area contributed by atoms with Gasteiger partial charge < -0.3 is 4.74 Å². The Morgan fingerprint density at radius 3 is 1.57 bits per heavy atom. The number of hydrogen-bond acceptors (Lipinski definition) is 4. The summed E-state index contributed by atoms with van der Waals surface area (Å²) in [5, 5.41) is -7.17. The van der Waals surface area contributed by atoms with Crippen molar-refractivity contribution in [3.05, 3.63) is 0 Å². The maximum absolute atomic E-state index is 13.8. The van der Waals surface area contributed by atoms with Crippen molar-refractivity contribution < 1.29 is 66.2 Å². The molecule has 0 atom stereocenters. The Balaban J connectivity index is 6.34. The van der Waals surface area contributed by atoms with E-state index in [9.17, 15) is 61.5 Å². The van der Waals surface area contributed by atoms with Crippen molar-refractivity contribution in [2.24, 2.45) is 0 Å². The van der Waals surface area contributed by atoms with Gasteiger partial charge in [-0.05, 0) is 6.92 Å². The first-order valence-corrected chi connectivity index (χ1v) is 8.34. The van der Waals surface area contributed by atoms with E-state index in [1.807, 2.05) is 0 Å². The Kier molecular flexibility index (Phi) is 7.41. The predicted octanol–water partition coefficient (Wildman–Crippen LogP) is 3.26. The number of ether oxygens (including phenoxy) is 1. The molecule has 0 bridgehead atoms. The summed E-state index contributed by atoms with van der Waals surface area (Å²) in [4.78, 5) is 11.1. The molecule has 0 heterocycles. The van der Waals surface area contributed by atoms with Gasteiger partial charge in [-0.3, -0.25) is 4.79 Å². The first-order valence-electron chi connectivity index (χ1n) is 6.90. The van der Waals surface area contributed by atoms with Crippen molar-refractivity contribution in [3.63, 3.8) is 0 Å². The van der Waals surface area contributed by atoms with Gasteiger partial charge in [0.15, 0.2) is 0 Å². The maximum atomic E-state index is 13.8. The molecule has 5 nitrogen and oxygen atoms in total. The number of alkyl halides is 11. The molecule has 0 unspecified atom stereocenters. The van der Waals surface area contributed by atoms with E-state index in [0.717, 1.165) is 6.92 Å². The number of sulfonamides is 1. The standard InChI is InChI=1S/C11H12F11NO4S/c1-3-23(5-6(24)27-4-2)28(25,26)11(21,22)9(16,17)7(12,13)8(14,15)10(18,19)20/h3-5H2,1-2H3. The molecule has 0 aliphatic heterocycles. The molecular formula is C11H12F11NO4S. The third kappa shape index (κ3) is 3.99. The fraction of sp³-hybridized carbons (Fsp3) is 0.909. The second kappa shape index (κ2) is 7.79. The van der Waals surface area contributed by atoms with Gasteiger partial charge in [0.25, 0.3) is 10.0 Å². The van der Waals surface area contributed by atoms with Crippen LogP contribution in [0.2, 0.25) is 0 Å². The van der Waals surface area contributed by atoms with Gasteiger partial charge in [0.2, 0.25) is 0 Å². The SMILES string of the molecule is CCOC(=O)CN(CC)S(=O)(=O)C(F)(F)C(F)(F)C(F)(F)C(F)(F)C(F)(F)F. The molecular weight excluding hydrogens is 451 g/mol. The van der Waals surface area contributed by atoms with E-state index in [1.54, 1.807) is 0 Å². The average Bonchev–Trinajstić information content (AvgIpc) is 2.50. The Hall–Kier alpha value is -1.39. The minimum absolute atomic E-state index is 0.446. The van der Waals surface area contributed by atoms with Gasteiger partial charge in [0.05, 0.1) is 6.61 Å². The van der Waals surface area contributed by atoms with Gasteiger partial charge in [0.1, 0.15) is 6.54 Å². The molecule has 0 fully saturated rings. The minimum Gasteiger partial charge on any atom is -0.465 e. The van der Waals surface area contributed by atoms with Crippen molar-refractivity contribution in [3.8, 4) is 0 Å². The van der Waals surface area contributed by atoms with E-state index in [2.05, 4.69) is 4.74 Å². The van der Waals surface area contributed by atoms with E-state index < -0.39 is 69.2 Å². The number of carbonyl (C=O) groups excluding carboxylic acids is 1. The highest BCUT2D eigenvalue weighted by molar-refractivity contribution is 7.90. The minimum atomic E-state index is -7.88. The summed E-state index contributed by atoms with van der Waals surface area (Å²) in [5.74, 6) is -24.9. The number of halogens is 11. The fourth-order valence-corrected chi connectivity index (χ4v) is 2.99. The zero-order valence-electron chi connectivity index (χ0n) is 13.8. The molecule has 0 N–H and O–H groups in total. The van der Waals surface area contributed by atoms with E-state index in [1.165, 1.54) is 0 Å². The summed E-state index contributed by atoms with van der Waals surface area (Å²) >= 11 is 0. The highest BCUT2D eigenvalue weighted by Crippen LogP contribution is 2.58. The molecule has 0 aliphatic carbocycles. The summed E-state index contributed by atoms with van der Waals surface area (Å²) in [6.07, 6.45) is -7.42. The van der Waals surface area contributed by atoms with Crippen molar-refractivity contribution in [2.75, 3.05) is 19.7 Å². The van der Waals surface area contributed by atoms with Crippen LogP contribution in [0.5, 0.6) is 0 Å². The number of hydrogen-bond donors (Lipinski definition) is 0. The van der Waals surface area contributed by atoms with Gasteiger partial charge in [-0.25, -0.2) is 8.42 Å². The number of carbonyl (C=O) groups is 1. The lowest BCUT2D eigenvalue weighted by Crippen LogP contribution is -2.69. The zero-order chi connectivity index (χ0) is 23.0. The topological polar surface area (TPSA) is 63.7 Å². The van der Waals surface area contributed by atoms with Gasteiger partial charge in [0, 0.05) is 6.54 Å². The third-order valence-electron chi connectivity index (χ3n) is 3.14. The fourth-order valence-electron chi connectivity index (χ4n) is 1.60. The molecule has 0 aromatic heterocycles. The Labute approximate surface area is 150 Å². The second-order valence-corrected chi connectivity index (χ2v) is 6.95. The van der Waals surface area contributed by atoms with E-state index in [4.69, 9.17) is 0 Å². The highest BCUT2D eigenvalue weighted by atomic mass is 32.2. The third-order valence-corrected chi connectivity index (χ3v) is 5.11. The van der Waals surface area contributed by atoms with Crippen molar-refractivity contribution in [2.45, 2.75) is 43.0 Å². The lowest BCUT2D eigenvalue weighted by Gasteiger charge is -2.38. The van der Waals surface area contributed by atoms with Crippen LogP contribution < -0.4 is 0 Å². The molecule has 168 valence electrons. The average molecular weight is 463 g/mol. The molecule has 0 saturated carbocycles. The summed E-state index contributed by atoms with van der Waals surface area (Å²) < 4.78 is 169. The molecule has 0 aliphatic rings. The first kappa shape index (κ1) is 26.6. The van der Waals surface area contributed by atoms with Crippen molar-refractivity contribution in [1.82, 2.24) is 4.31 Å². The molecule has 0 radical (unpaired) electrons. The van der Waals surface area contributed by atoms with Crippen LogP contribution >= 0.6 is 0 Å². The number of likely N-dealkylation sites (N-methyl/N-ethyl adjacent to an activating group) is 1. The number of esters is 1. The predicted molar refractivity (Wildman–Crippen MR) is 68.6 cm³/mol. The van der Waals surface area contributed by atoms with Crippen molar-refractivity contribution in [1.29, 1.82) is 0 Å². The smallest absolute Gasteiger partial charge is 0.460 e. The molecule has 0 aromatic carbocycles. The maximum Gasteiger partial charge on any atom is 0.460 e. The summed E-state index contributed by atoms with van der Waals surface area (Å²) in [7, 11) is -7.04. The quantitative estimate of drug-likeness (QED) is 0.389. The Bertz CT molecular complexity index is 675. The van der Waals surface area contributed by atoms with Crippen LogP contribution in [0.25, 0.3) is 0 Å². The normalized spacial score (nSPS) is 15.1. The molecule has 0 spiro atoms. The molecule has 0 aromatic rings. The number of nitrogens with zero attached hydrogens (tertiary/aromatic N) is 1. The van der Waals surface area contributed by atoms with E-state index in [0.29, 0.717) is 6.92 Å². The van der Waals surface area contributed by atoms with Crippen LogP contribution in [0.4, 0.5) is 48.3 Å². The van der Waals surface area contributed by atoms with Gasteiger partial charge in [-0.2, -0.15) is 52.6 Å². The lowest BCUT2D eigenvalue weighted by molar-refractivity contribution is -0.413. The van der Waals surface area contributed by atoms with Crippen LogP contribution in [-0.4, -0.2) is 67.6 Å². The number of rotatable bonds is 9. The largest absolute Gasteiger partial charge is 0.465 e. The van der Waals surface area contributed by atoms with Gasteiger partial charge >= 0.3 is 35.2 Å². The van der Waals surface area contributed by atoms with Crippen LogP contribution in [0.15, 0.2) is 0 Å². The molecule has 17 heteroatoms. The molecule has 28 heavy (non-hydrogen) atoms. The van der Waals surface area contributed by atoms with Crippen molar-refractivity contribution >= 4 is 16.0 Å². The molecule has 0 rings (SSSR count). The zero-order valence-corrected chi connectivity index (χ0v) is 14.6. The highest BCUT2D eigenvalue weighted by Gasteiger charge is 2.89. The molecule has 0 amide bonds. The van der Waals surface area contributed by atoms with E-state index in [-0.39, 0.29) is 0 Å². The van der Waals surface area contributed by atoms with Crippen LogP contribution in [0.1, 0.15) is 13.8 Å². The van der Waals surface area contributed by atoms with Gasteiger partial charge in [-0.15, -0.1) is 0 Å².